The van der Waals surface area contributed by atoms with Crippen molar-refractivity contribution >= 4 is 11.9 Å². The molecule has 0 bridgehead atoms. The van der Waals surface area contributed by atoms with Gasteiger partial charge in [-0.25, -0.2) is 4.79 Å². The summed E-state index contributed by atoms with van der Waals surface area (Å²) in [7, 11) is 1.97. The first-order valence-corrected chi connectivity index (χ1v) is 15.7. The minimum atomic E-state index is 0.0491. The van der Waals surface area contributed by atoms with Crippen molar-refractivity contribution in [2.75, 3.05) is 33.2 Å². The summed E-state index contributed by atoms with van der Waals surface area (Å²) in [4.78, 5) is 33.1. The average molecular weight is 567 g/mol. The maximum absolute atomic E-state index is 13.3. The van der Waals surface area contributed by atoms with E-state index < -0.39 is 0 Å². The van der Waals surface area contributed by atoms with Crippen molar-refractivity contribution in [3.8, 4) is 0 Å². The second kappa shape index (κ2) is 14.5. The van der Waals surface area contributed by atoms with Crippen molar-refractivity contribution in [1.82, 2.24) is 20.0 Å². The summed E-state index contributed by atoms with van der Waals surface area (Å²) in [6.07, 6.45) is 4.95. The first-order chi connectivity index (χ1) is 20.5. The van der Waals surface area contributed by atoms with Crippen LogP contribution in [0.15, 0.2) is 91.0 Å². The fraction of sp³-hybridized carbons (Fsp3) is 0.444. The third-order valence-corrected chi connectivity index (χ3v) is 9.29. The molecule has 1 saturated carbocycles. The fourth-order valence-electron chi connectivity index (χ4n) is 6.98. The number of hydrogen-bond donors (Lipinski definition) is 1. The first-order valence-electron chi connectivity index (χ1n) is 15.7. The van der Waals surface area contributed by atoms with E-state index in [1.807, 2.05) is 60.5 Å². The van der Waals surface area contributed by atoms with Crippen molar-refractivity contribution < 1.29 is 9.59 Å². The highest BCUT2D eigenvalue weighted by Gasteiger charge is 2.40. The predicted molar refractivity (Wildman–Crippen MR) is 169 cm³/mol. The van der Waals surface area contributed by atoms with Crippen LogP contribution in [-0.4, -0.2) is 71.9 Å². The van der Waals surface area contributed by atoms with Gasteiger partial charge in [-0.3, -0.25) is 4.79 Å². The molecule has 1 aliphatic carbocycles. The summed E-state index contributed by atoms with van der Waals surface area (Å²) in [5.41, 5.74) is 3.26. The van der Waals surface area contributed by atoms with Crippen LogP contribution in [0.25, 0.3) is 0 Å². The molecule has 2 aliphatic rings. The largest absolute Gasteiger partial charge is 0.339 e. The number of hydrogen-bond acceptors (Lipinski definition) is 3. The van der Waals surface area contributed by atoms with Gasteiger partial charge in [0.25, 0.3) is 5.91 Å². The van der Waals surface area contributed by atoms with Crippen LogP contribution in [0.3, 0.4) is 0 Å². The van der Waals surface area contributed by atoms with E-state index in [9.17, 15) is 9.59 Å². The number of piperidine rings is 1. The number of carbonyl (C=O) groups is 2. The molecule has 6 heteroatoms. The zero-order chi connectivity index (χ0) is 29.3. The smallest absolute Gasteiger partial charge is 0.317 e. The van der Waals surface area contributed by atoms with Crippen LogP contribution in [0, 0.1) is 5.92 Å². The highest BCUT2D eigenvalue weighted by molar-refractivity contribution is 5.94. The lowest BCUT2D eigenvalue weighted by atomic mass is 9.88. The molecule has 3 aromatic carbocycles. The molecule has 1 N–H and O–H groups in total. The standard InChI is InChI=1S/C36H46N4O2/c1-3-21-40(36(42)37-26-28-13-7-4-8-14-28)32-19-22-39(23-20-32)27-31-24-33(25-34(31)29-15-9-5-10-16-29)38(2)35(41)30-17-11-6-12-18-30/h4-18,31-34H,3,19-27H2,1-2H3,(H,37,42). The van der Waals surface area contributed by atoms with Crippen molar-refractivity contribution in [1.29, 1.82) is 0 Å². The quantitative estimate of drug-likeness (QED) is 0.309. The zero-order valence-corrected chi connectivity index (χ0v) is 25.2. The summed E-state index contributed by atoms with van der Waals surface area (Å²) in [6, 6.07) is 31.2. The topological polar surface area (TPSA) is 55.9 Å². The molecule has 5 rings (SSSR count). The Balaban J connectivity index is 1.20. The lowest BCUT2D eigenvalue weighted by Gasteiger charge is -2.39. The van der Waals surface area contributed by atoms with Gasteiger partial charge in [0.15, 0.2) is 0 Å². The molecule has 3 aromatic rings. The van der Waals surface area contributed by atoms with E-state index in [0.717, 1.165) is 69.4 Å². The van der Waals surface area contributed by atoms with E-state index in [2.05, 4.69) is 64.5 Å². The second-order valence-corrected chi connectivity index (χ2v) is 12.1. The fourth-order valence-corrected chi connectivity index (χ4v) is 6.98. The average Bonchev–Trinajstić information content (AvgIpc) is 3.47. The van der Waals surface area contributed by atoms with Crippen LogP contribution in [0.4, 0.5) is 4.79 Å². The minimum absolute atomic E-state index is 0.0491. The number of nitrogens with one attached hydrogen (secondary N) is 1. The molecular weight excluding hydrogens is 520 g/mol. The summed E-state index contributed by atoms with van der Waals surface area (Å²) < 4.78 is 0. The van der Waals surface area contributed by atoms with Gasteiger partial charge < -0.3 is 20.0 Å². The maximum atomic E-state index is 13.3. The van der Waals surface area contributed by atoms with Gasteiger partial charge in [-0.15, -0.1) is 0 Å². The number of likely N-dealkylation sites (tertiary alicyclic amines) is 1. The van der Waals surface area contributed by atoms with Gasteiger partial charge in [0, 0.05) is 57.4 Å². The van der Waals surface area contributed by atoms with Gasteiger partial charge in [0.1, 0.15) is 0 Å². The number of urea groups is 1. The highest BCUT2D eigenvalue weighted by Crippen LogP contribution is 2.42. The Morgan fingerprint density at radius 2 is 1.45 bits per heavy atom. The van der Waals surface area contributed by atoms with Crippen molar-refractivity contribution in [3.05, 3.63) is 108 Å². The van der Waals surface area contributed by atoms with Crippen LogP contribution < -0.4 is 5.32 Å². The number of nitrogens with zero attached hydrogens (tertiary/aromatic N) is 3. The zero-order valence-electron chi connectivity index (χ0n) is 25.2. The van der Waals surface area contributed by atoms with E-state index in [4.69, 9.17) is 0 Å². The van der Waals surface area contributed by atoms with E-state index in [1.165, 1.54) is 5.56 Å². The van der Waals surface area contributed by atoms with Crippen molar-refractivity contribution in [2.45, 2.75) is 63.6 Å². The molecule has 3 atom stereocenters. The molecule has 3 unspecified atom stereocenters. The number of benzene rings is 3. The van der Waals surface area contributed by atoms with Crippen LogP contribution in [0.1, 0.15) is 66.4 Å². The molecule has 1 saturated heterocycles. The molecule has 222 valence electrons. The molecule has 42 heavy (non-hydrogen) atoms. The van der Waals surface area contributed by atoms with Gasteiger partial charge in [-0.05, 0) is 67.2 Å². The molecule has 1 heterocycles. The van der Waals surface area contributed by atoms with E-state index in [-0.39, 0.29) is 24.0 Å². The monoisotopic (exact) mass is 566 g/mol. The molecule has 3 amide bonds. The van der Waals surface area contributed by atoms with Crippen LogP contribution in [-0.2, 0) is 6.54 Å². The highest BCUT2D eigenvalue weighted by atomic mass is 16.2. The van der Waals surface area contributed by atoms with E-state index in [0.29, 0.717) is 18.4 Å². The van der Waals surface area contributed by atoms with Gasteiger partial charge in [0.2, 0.25) is 0 Å². The van der Waals surface area contributed by atoms with Crippen molar-refractivity contribution in [2.24, 2.45) is 5.92 Å². The molecule has 0 spiro atoms. The summed E-state index contributed by atoms with van der Waals surface area (Å²) >= 11 is 0. The SMILES string of the molecule is CCCN(C(=O)NCc1ccccc1)C1CCN(CC2CC(N(C)C(=O)c3ccccc3)CC2c2ccccc2)CC1. The number of amides is 3. The summed E-state index contributed by atoms with van der Waals surface area (Å²) in [5.74, 6) is 1.02. The van der Waals surface area contributed by atoms with E-state index >= 15 is 0 Å². The number of rotatable bonds is 10. The second-order valence-electron chi connectivity index (χ2n) is 12.1. The van der Waals surface area contributed by atoms with Gasteiger partial charge in [-0.2, -0.15) is 0 Å². The third-order valence-electron chi connectivity index (χ3n) is 9.29. The Labute approximate surface area is 251 Å². The Morgan fingerprint density at radius 1 is 0.833 bits per heavy atom. The lowest BCUT2D eigenvalue weighted by Crippen LogP contribution is -2.51. The molecule has 0 radical (unpaired) electrons. The van der Waals surface area contributed by atoms with Gasteiger partial charge in [0.05, 0.1) is 0 Å². The minimum Gasteiger partial charge on any atom is -0.339 e. The molecule has 0 aromatic heterocycles. The Bertz CT molecular complexity index is 1260. The molecule has 6 nitrogen and oxygen atoms in total. The third kappa shape index (κ3) is 7.40. The summed E-state index contributed by atoms with van der Waals surface area (Å²) in [5, 5.41) is 3.15. The maximum Gasteiger partial charge on any atom is 0.317 e. The Kier molecular flexibility index (Phi) is 10.3. The Hall–Kier alpha value is -3.64. The lowest BCUT2D eigenvalue weighted by molar-refractivity contribution is 0.0726. The summed E-state index contributed by atoms with van der Waals surface area (Å²) in [6.45, 7) is 6.52. The van der Waals surface area contributed by atoms with Gasteiger partial charge >= 0.3 is 6.03 Å². The van der Waals surface area contributed by atoms with Crippen LogP contribution in [0.5, 0.6) is 0 Å². The molecular formula is C36H46N4O2. The Morgan fingerprint density at radius 3 is 2.10 bits per heavy atom. The van der Waals surface area contributed by atoms with E-state index in [1.54, 1.807) is 0 Å². The predicted octanol–water partition coefficient (Wildman–Crippen LogP) is 6.41. The van der Waals surface area contributed by atoms with Crippen LogP contribution in [0.2, 0.25) is 0 Å². The first kappa shape index (κ1) is 29.8. The molecule has 1 aliphatic heterocycles. The van der Waals surface area contributed by atoms with Gasteiger partial charge in [-0.1, -0.05) is 85.8 Å². The van der Waals surface area contributed by atoms with Crippen LogP contribution >= 0.6 is 0 Å². The normalized spacial score (nSPS) is 21.1. The van der Waals surface area contributed by atoms with Crippen molar-refractivity contribution in [3.63, 3.8) is 0 Å². The molecule has 2 fully saturated rings. The number of carbonyl (C=O) groups excluding carboxylic acids is 2.